The van der Waals surface area contributed by atoms with Crippen LogP contribution in [0.1, 0.15) is 117 Å². The van der Waals surface area contributed by atoms with Crippen LogP contribution in [-0.2, 0) is 14.3 Å². The molecule has 0 aromatic carbocycles. The van der Waals surface area contributed by atoms with Gasteiger partial charge >= 0.3 is 11.9 Å². The average molecular weight is 371 g/mol. The van der Waals surface area contributed by atoms with Crippen molar-refractivity contribution in [3.8, 4) is 0 Å². The zero-order valence-electron chi connectivity index (χ0n) is 17.3. The number of ether oxygens (including phenoxy) is 1. The lowest BCUT2D eigenvalue weighted by Crippen LogP contribution is -2.19. The van der Waals surface area contributed by atoms with Crippen LogP contribution in [0.3, 0.4) is 0 Å². The fourth-order valence-corrected chi connectivity index (χ4v) is 3.34. The second-order valence-electron chi connectivity index (χ2n) is 7.48. The lowest BCUT2D eigenvalue weighted by atomic mass is 9.97. The molecule has 0 rings (SSSR count). The van der Waals surface area contributed by atoms with Crippen molar-refractivity contribution in [3.05, 3.63) is 0 Å². The van der Waals surface area contributed by atoms with Gasteiger partial charge in [0.1, 0.15) is 0 Å². The molecule has 0 fully saturated rings. The number of hydrogen-bond acceptors (Lipinski definition) is 4. The Morgan fingerprint density at radius 1 is 0.731 bits per heavy atom. The number of carbonyl (C=O) groups is 2. The van der Waals surface area contributed by atoms with E-state index in [1.807, 2.05) is 6.92 Å². The fraction of sp³-hybridized carbons (Fsp3) is 0.909. The summed E-state index contributed by atoms with van der Waals surface area (Å²) in [6.07, 6.45) is 19.1. The average Bonchev–Trinajstić information content (AvgIpc) is 2.60. The molecule has 0 saturated heterocycles. The Kier molecular flexibility index (Phi) is 18.2. The minimum absolute atomic E-state index is 0.123. The molecular weight excluding hydrogens is 328 g/mol. The Labute approximate surface area is 161 Å². The van der Waals surface area contributed by atoms with Crippen LogP contribution in [-0.4, -0.2) is 23.7 Å². The molecule has 4 nitrogen and oxygen atoms in total. The highest BCUT2D eigenvalue weighted by molar-refractivity contribution is 5.85. The summed E-state index contributed by atoms with van der Waals surface area (Å²) in [4.78, 5) is 22.5. The first kappa shape index (κ1) is 25.1. The Morgan fingerprint density at radius 2 is 1.12 bits per heavy atom. The number of carbonyl (C=O) groups excluding carboxylic acids is 2. The summed E-state index contributed by atoms with van der Waals surface area (Å²) in [5.74, 6) is -0.980. The van der Waals surface area contributed by atoms with Crippen molar-refractivity contribution < 1.29 is 19.4 Å². The van der Waals surface area contributed by atoms with Crippen molar-refractivity contribution in [1.82, 2.24) is 0 Å². The van der Waals surface area contributed by atoms with Gasteiger partial charge in [0.2, 0.25) is 0 Å². The number of unbranched alkanes of at least 4 members (excludes halogenated alkanes) is 13. The van der Waals surface area contributed by atoms with E-state index in [2.05, 4.69) is 0 Å². The molecular formula is C22H42O4. The molecule has 1 unspecified atom stereocenters. The third-order valence-corrected chi connectivity index (χ3v) is 5.03. The monoisotopic (exact) mass is 370 g/mol. The highest BCUT2D eigenvalue weighted by atomic mass is 16.6. The van der Waals surface area contributed by atoms with E-state index < -0.39 is 5.97 Å². The van der Waals surface area contributed by atoms with Gasteiger partial charge in [-0.25, -0.2) is 0 Å². The molecule has 0 heterocycles. The van der Waals surface area contributed by atoms with Gasteiger partial charge in [-0.15, -0.1) is 0 Å². The summed E-state index contributed by atoms with van der Waals surface area (Å²) in [5, 5.41) is 8.71. The van der Waals surface area contributed by atoms with Crippen molar-refractivity contribution in [2.45, 2.75) is 117 Å². The zero-order valence-corrected chi connectivity index (χ0v) is 17.3. The van der Waals surface area contributed by atoms with E-state index in [1.165, 1.54) is 77.6 Å². The van der Waals surface area contributed by atoms with Gasteiger partial charge in [-0.1, -0.05) is 90.4 Å². The van der Waals surface area contributed by atoms with Crippen LogP contribution in [0.5, 0.6) is 0 Å². The predicted molar refractivity (Wildman–Crippen MR) is 107 cm³/mol. The summed E-state index contributed by atoms with van der Waals surface area (Å²) in [5.41, 5.74) is 0. The molecule has 26 heavy (non-hydrogen) atoms. The predicted octanol–water partition coefficient (Wildman–Crippen LogP) is 5.95. The Morgan fingerprint density at radius 3 is 1.46 bits per heavy atom. The van der Waals surface area contributed by atoms with Crippen molar-refractivity contribution >= 4 is 11.9 Å². The molecule has 1 atom stereocenters. The summed E-state index contributed by atoms with van der Waals surface area (Å²) in [6.45, 7) is 3.59. The number of hydrogen-bond donors (Lipinski definition) is 1. The van der Waals surface area contributed by atoms with Crippen LogP contribution in [0.15, 0.2) is 0 Å². The normalized spacial score (nSPS) is 12.1. The molecule has 0 saturated carbocycles. The Hall–Kier alpha value is -0.900. The summed E-state index contributed by atoms with van der Waals surface area (Å²) in [7, 11) is 0. The van der Waals surface area contributed by atoms with Gasteiger partial charge in [-0.3, -0.25) is 9.59 Å². The SMILES string of the molecule is CCC(CCCCCCCCCCCCCCCCO)C(=O)OC(C)=O. The molecule has 0 aliphatic heterocycles. The summed E-state index contributed by atoms with van der Waals surface area (Å²) >= 11 is 0. The molecule has 0 aliphatic carbocycles. The largest absolute Gasteiger partial charge is 0.396 e. The Balaban J connectivity index is 3.32. The molecule has 1 N–H and O–H groups in total. The molecule has 0 aliphatic rings. The smallest absolute Gasteiger partial charge is 0.316 e. The first-order chi connectivity index (χ1) is 12.6. The van der Waals surface area contributed by atoms with Crippen molar-refractivity contribution in [2.24, 2.45) is 5.92 Å². The van der Waals surface area contributed by atoms with Crippen molar-refractivity contribution in [3.63, 3.8) is 0 Å². The van der Waals surface area contributed by atoms with E-state index in [-0.39, 0.29) is 11.9 Å². The topological polar surface area (TPSA) is 63.6 Å². The number of aliphatic hydroxyl groups is 1. The Bertz CT molecular complexity index is 341. The van der Waals surface area contributed by atoms with Gasteiger partial charge in [0.25, 0.3) is 0 Å². The van der Waals surface area contributed by atoms with E-state index in [0.717, 1.165) is 32.1 Å². The van der Waals surface area contributed by atoms with Gasteiger partial charge in [0.15, 0.2) is 0 Å². The van der Waals surface area contributed by atoms with Crippen molar-refractivity contribution in [1.29, 1.82) is 0 Å². The molecule has 0 radical (unpaired) electrons. The second kappa shape index (κ2) is 18.9. The third kappa shape index (κ3) is 16.6. The first-order valence-electron chi connectivity index (χ1n) is 10.9. The lowest BCUT2D eigenvalue weighted by Gasteiger charge is -2.12. The number of aliphatic hydroxyl groups excluding tert-OH is 1. The first-order valence-corrected chi connectivity index (χ1v) is 10.9. The quantitative estimate of drug-likeness (QED) is 0.184. The second-order valence-corrected chi connectivity index (χ2v) is 7.48. The van der Waals surface area contributed by atoms with Crippen LogP contribution in [0.2, 0.25) is 0 Å². The maximum Gasteiger partial charge on any atom is 0.316 e. The molecule has 0 spiro atoms. The van der Waals surface area contributed by atoms with Gasteiger partial charge in [0, 0.05) is 13.5 Å². The maximum absolute atomic E-state index is 11.7. The van der Waals surface area contributed by atoms with Crippen LogP contribution >= 0.6 is 0 Å². The van der Waals surface area contributed by atoms with Gasteiger partial charge < -0.3 is 9.84 Å². The van der Waals surface area contributed by atoms with Crippen LogP contribution in [0, 0.1) is 5.92 Å². The lowest BCUT2D eigenvalue weighted by molar-refractivity contribution is -0.161. The highest BCUT2D eigenvalue weighted by Crippen LogP contribution is 2.17. The van der Waals surface area contributed by atoms with E-state index in [4.69, 9.17) is 9.84 Å². The molecule has 154 valence electrons. The third-order valence-electron chi connectivity index (χ3n) is 5.03. The van der Waals surface area contributed by atoms with Gasteiger partial charge in [-0.05, 0) is 19.3 Å². The molecule has 0 bridgehead atoms. The molecule has 0 aromatic heterocycles. The minimum atomic E-state index is -0.504. The van der Waals surface area contributed by atoms with E-state index in [9.17, 15) is 9.59 Å². The minimum Gasteiger partial charge on any atom is -0.396 e. The van der Waals surface area contributed by atoms with Gasteiger partial charge in [0.05, 0.1) is 5.92 Å². The number of rotatable bonds is 18. The molecule has 4 heteroatoms. The fourth-order valence-electron chi connectivity index (χ4n) is 3.34. The standard InChI is InChI=1S/C22H42O4/c1-3-21(22(25)26-20(2)24)18-16-14-12-10-8-6-4-5-7-9-11-13-15-17-19-23/h21,23H,3-19H2,1-2H3. The van der Waals surface area contributed by atoms with E-state index >= 15 is 0 Å². The summed E-state index contributed by atoms with van der Waals surface area (Å²) < 4.78 is 4.69. The van der Waals surface area contributed by atoms with Gasteiger partial charge in [-0.2, -0.15) is 0 Å². The summed E-state index contributed by atoms with van der Waals surface area (Å²) in [6, 6.07) is 0. The van der Waals surface area contributed by atoms with Crippen LogP contribution in [0.4, 0.5) is 0 Å². The highest BCUT2D eigenvalue weighted by Gasteiger charge is 2.18. The van der Waals surface area contributed by atoms with E-state index in [0.29, 0.717) is 6.61 Å². The van der Waals surface area contributed by atoms with Crippen LogP contribution in [0.25, 0.3) is 0 Å². The maximum atomic E-state index is 11.7. The molecule has 0 aromatic rings. The molecule has 0 amide bonds. The van der Waals surface area contributed by atoms with E-state index in [1.54, 1.807) is 0 Å². The zero-order chi connectivity index (χ0) is 19.5. The number of esters is 2. The van der Waals surface area contributed by atoms with Crippen molar-refractivity contribution in [2.75, 3.05) is 6.61 Å². The van der Waals surface area contributed by atoms with Crippen LogP contribution < -0.4 is 0 Å².